The van der Waals surface area contributed by atoms with Crippen LogP contribution in [0, 0.1) is 0 Å². The molecule has 0 saturated carbocycles. The molecule has 4 N–H and O–H groups in total. The summed E-state index contributed by atoms with van der Waals surface area (Å²) in [7, 11) is 0. The smallest absolute Gasteiger partial charge is 0.251 e. The number of carbonyl (C=O) groups excluding carboxylic acids is 4. The molecular formula is C16H21N3O4. The largest absolute Gasteiger partial charge is 0.368 e. The van der Waals surface area contributed by atoms with Gasteiger partial charge in [0.1, 0.15) is 11.8 Å². The molecule has 0 heterocycles. The fourth-order valence-electron chi connectivity index (χ4n) is 1.87. The third-order valence-corrected chi connectivity index (χ3v) is 3.23. The highest BCUT2D eigenvalue weighted by Gasteiger charge is 2.19. The Morgan fingerprint density at radius 1 is 1.13 bits per heavy atom. The lowest BCUT2D eigenvalue weighted by atomic mass is 10.1. The van der Waals surface area contributed by atoms with Crippen molar-refractivity contribution in [2.75, 3.05) is 6.54 Å². The highest BCUT2D eigenvalue weighted by atomic mass is 16.2. The van der Waals surface area contributed by atoms with Gasteiger partial charge in [0, 0.05) is 18.4 Å². The van der Waals surface area contributed by atoms with E-state index in [1.165, 1.54) is 0 Å². The second kappa shape index (κ2) is 9.34. The molecule has 0 spiro atoms. The maximum Gasteiger partial charge on any atom is 0.251 e. The molecule has 0 aliphatic rings. The van der Waals surface area contributed by atoms with Crippen molar-refractivity contribution in [2.24, 2.45) is 5.73 Å². The van der Waals surface area contributed by atoms with Crippen LogP contribution in [0.3, 0.4) is 0 Å². The molecule has 3 amide bonds. The molecule has 0 saturated heterocycles. The zero-order chi connectivity index (χ0) is 17.2. The van der Waals surface area contributed by atoms with Gasteiger partial charge in [0.25, 0.3) is 5.91 Å². The third kappa shape index (κ3) is 6.73. The van der Waals surface area contributed by atoms with Crippen LogP contribution in [0.1, 0.15) is 36.5 Å². The van der Waals surface area contributed by atoms with Crippen molar-refractivity contribution in [2.45, 2.75) is 32.2 Å². The minimum Gasteiger partial charge on any atom is -0.368 e. The van der Waals surface area contributed by atoms with E-state index in [0.29, 0.717) is 12.0 Å². The molecule has 0 unspecified atom stereocenters. The molecule has 1 atom stereocenters. The van der Waals surface area contributed by atoms with Gasteiger partial charge in [-0.3, -0.25) is 19.2 Å². The van der Waals surface area contributed by atoms with Gasteiger partial charge in [-0.2, -0.15) is 0 Å². The van der Waals surface area contributed by atoms with Gasteiger partial charge < -0.3 is 16.4 Å². The predicted molar refractivity (Wildman–Crippen MR) is 84.4 cm³/mol. The molecule has 7 nitrogen and oxygen atoms in total. The monoisotopic (exact) mass is 319 g/mol. The van der Waals surface area contributed by atoms with E-state index in [0.717, 1.165) is 0 Å². The summed E-state index contributed by atoms with van der Waals surface area (Å²) in [6.45, 7) is 1.44. The molecule has 0 aliphatic heterocycles. The molecule has 0 fully saturated rings. The molecular weight excluding hydrogens is 298 g/mol. The number of benzene rings is 1. The number of primary amides is 1. The minimum atomic E-state index is -0.924. The number of nitrogens with one attached hydrogen (secondary N) is 2. The number of hydrogen-bond acceptors (Lipinski definition) is 4. The summed E-state index contributed by atoms with van der Waals surface area (Å²) in [6.07, 6.45) is 0.688. The van der Waals surface area contributed by atoms with E-state index in [-0.39, 0.29) is 25.2 Å². The molecule has 1 aromatic carbocycles. The summed E-state index contributed by atoms with van der Waals surface area (Å²) in [5.41, 5.74) is 5.64. The molecule has 0 aliphatic carbocycles. The lowest BCUT2D eigenvalue weighted by Crippen LogP contribution is -2.48. The molecule has 0 bridgehead atoms. The first-order valence-electron chi connectivity index (χ1n) is 7.37. The van der Waals surface area contributed by atoms with Crippen molar-refractivity contribution in [3.63, 3.8) is 0 Å². The Bertz CT molecular complexity index is 572. The van der Waals surface area contributed by atoms with E-state index in [1.807, 2.05) is 0 Å². The van der Waals surface area contributed by atoms with Gasteiger partial charge >= 0.3 is 0 Å². The summed E-state index contributed by atoms with van der Waals surface area (Å²) in [6, 6.07) is 7.52. The molecule has 0 radical (unpaired) electrons. The molecule has 0 aromatic heterocycles. The Labute approximate surface area is 134 Å². The number of nitrogens with two attached hydrogens (primary N) is 1. The van der Waals surface area contributed by atoms with Crippen LogP contribution in [0.25, 0.3) is 0 Å². The summed E-state index contributed by atoms with van der Waals surface area (Å²) in [5.74, 6) is -1.65. The van der Waals surface area contributed by atoms with Crippen LogP contribution in [0.2, 0.25) is 0 Å². The first kappa shape index (κ1) is 18.3. The summed E-state index contributed by atoms with van der Waals surface area (Å²) in [5, 5.41) is 4.87. The number of amides is 3. The fourth-order valence-corrected chi connectivity index (χ4v) is 1.87. The van der Waals surface area contributed by atoms with E-state index in [4.69, 9.17) is 5.73 Å². The van der Waals surface area contributed by atoms with Crippen LogP contribution < -0.4 is 16.4 Å². The first-order chi connectivity index (χ1) is 10.9. The van der Waals surface area contributed by atoms with Gasteiger partial charge in [0.15, 0.2) is 0 Å². The van der Waals surface area contributed by atoms with Gasteiger partial charge in [0.05, 0.1) is 6.54 Å². The van der Waals surface area contributed by atoms with Gasteiger partial charge in [-0.1, -0.05) is 25.1 Å². The van der Waals surface area contributed by atoms with Gasteiger partial charge in [0.2, 0.25) is 11.8 Å². The van der Waals surface area contributed by atoms with Crippen molar-refractivity contribution in [3.05, 3.63) is 35.9 Å². The maximum absolute atomic E-state index is 11.8. The highest BCUT2D eigenvalue weighted by molar-refractivity contribution is 5.97. The van der Waals surface area contributed by atoms with E-state index in [2.05, 4.69) is 10.6 Å². The number of hydrogen-bond donors (Lipinski definition) is 3. The van der Waals surface area contributed by atoms with Gasteiger partial charge in [-0.05, 0) is 18.6 Å². The van der Waals surface area contributed by atoms with Crippen molar-refractivity contribution >= 4 is 23.5 Å². The van der Waals surface area contributed by atoms with Crippen molar-refractivity contribution in [1.29, 1.82) is 0 Å². The van der Waals surface area contributed by atoms with Crippen molar-refractivity contribution in [3.8, 4) is 0 Å². The number of Topliss-reactive ketones (excluding diaryl/α,β-unsaturated/α-hetero) is 1. The topological polar surface area (TPSA) is 118 Å². The Balaban J connectivity index is 2.45. The first-order valence-corrected chi connectivity index (χ1v) is 7.37. The molecule has 7 heteroatoms. The lowest BCUT2D eigenvalue weighted by molar-refractivity contribution is -0.127. The Morgan fingerprint density at radius 2 is 1.78 bits per heavy atom. The van der Waals surface area contributed by atoms with Gasteiger partial charge in [-0.25, -0.2) is 0 Å². The summed E-state index contributed by atoms with van der Waals surface area (Å²) >= 11 is 0. The second-order valence-electron chi connectivity index (χ2n) is 5.00. The number of carbonyl (C=O) groups is 4. The molecule has 23 heavy (non-hydrogen) atoms. The van der Waals surface area contributed by atoms with Crippen LogP contribution in [-0.2, 0) is 14.4 Å². The lowest BCUT2D eigenvalue weighted by Gasteiger charge is -2.15. The zero-order valence-electron chi connectivity index (χ0n) is 13.0. The third-order valence-electron chi connectivity index (χ3n) is 3.23. The van der Waals surface area contributed by atoms with Crippen LogP contribution in [0.4, 0.5) is 0 Å². The van der Waals surface area contributed by atoms with Crippen LogP contribution in [0.5, 0.6) is 0 Å². The Kier molecular flexibility index (Phi) is 7.45. The quantitative estimate of drug-likeness (QED) is 0.600. The van der Waals surface area contributed by atoms with Crippen molar-refractivity contribution < 1.29 is 19.2 Å². The van der Waals surface area contributed by atoms with Crippen molar-refractivity contribution in [1.82, 2.24) is 10.6 Å². The summed E-state index contributed by atoms with van der Waals surface area (Å²) in [4.78, 5) is 46.2. The SMILES string of the molecule is CCC(=O)CC[C@H](NC(=O)CNC(=O)c1ccccc1)C(N)=O. The Hall–Kier alpha value is -2.70. The highest BCUT2D eigenvalue weighted by Crippen LogP contribution is 2.01. The molecule has 1 aromatic rings. The van der Waals surface area contributed by atoms with Crippen LogP contribution >= 0.6 is 0 Å². The fraction of sp³-hybridized carbons (Fsp3) is 0.375. The maximum atomic E-state index is 11.8. The van der Waals surface area contributed by atoms with Gasteiger partial charge in [-0.15, -0.1) is 0 Å². The molecule has 1 rings (SSSR count). The number of rotatable bonds is 9. The average Bonchev–Trinajstić information content (AvgIpc) is 2.56. The summed E-state index contributed by atoms with van der Waals surface area (Å²) < 4.78 is 0. The van der Waals surface area contributed by atoms with E-state index < -0.39 is 23.8 Å². The average molecular weight is 319 g/mol. The standard InChI is InChI=1S/C16H21N3O4/c1-2-12(20)8-9-13(15(17)22)19-14(21)10-18-16(23)11-6-4-3-5-7-11/h3-7,13H,2,8-10H2,1H3,(H2,17,22)(H,18,23)(H,19,21)/t13-/m0/s1. The Morgan fingerprint density at radius 3 is 2.35 bits per heavy atom. The van der Waals surface area contributed by atoms with Crippen LogP contribution in [-0.4, -0.2) is 36.1 Å². The second-order valence-corrected chi connectivity index (χ2v) is 5.00. The van der Waals surface area contributed by atoms with E-state index >= 15 is 0 Å². The van der Waals surface area contributed by atoms with Crippen LogP contribution in [0.15, 0.2) is 30.3 Å². The normalized spacial score (nSPS) is 11.3. The van der Waals surface area contributed by atoms with E-state index in [9.17, 15) is 19.2 Å². The molecule has 124 valence electrons. The number of ketones is 1. The van der Waals surface area contributed by atoms with E-state index in [1.54, 1.807) is 37.3 Å². The minimum absolute atomic E-state index is 0.0112. The zero-order valence-corrected chi connectivity index (χ0v) is 13.0. The predicted octanol–water partition coefficient (Wildman–Crippen LogP) is 0.146.